The summed E-state index contributed by atoms with van der Waals surface area (Å²) in [7, 11) is -4.13. The van der Waals surface area contributed by atoms with Gasteiger partial charge in [0.15, 0.2) is 0 Å². The first-order valence-corrected chi connectivity index (χ1v) is 8.18. The molecule has 0 aromatic heterocycles. The average Bonchev–Trinajstić information content (AvgIpc) is 2.58. The van der Waals surface area contributed by atoms with Crippen molar-refractivity contribution in [1.29, 1.82) is 0 Å². The lowest BCUT2D eigenvalue weighted by Crippen LogP contribution is -2.32. The second kappa shape index (κ2) is 3.95. The summed E-state index contributed by atoms with van der Waals surface area (Å²) in [6, 6.07) is 0. The van der Waals surface area contributed by atoms with Crippen molar-refractivity contribution in [2.75, 3.05) is 19.0 Å². The van der Waals surface area contributed by atoms with E-state index in [4.69, 9.17) is 9.05 Å². The zero-order chi connectivity index (χ0) is 11.1. The van der Waals surface area contributed by atoms with Crippen LogP contribution in [0.5, 0.6) is 0 Å². The average molecular weight is 252 g/mol. The van der Waals surface area contributed by atoms with Gasteiger partial charge in [0, 0.05) is 22.0 Å². The van der Waals surface area contributed by atoms with E-state index >= 15 is 0 Å². The molecule has 15 heavy (non-hydrogen) atoms. The molecule has 2 rings (SSSR count). The smallest absolute Gasteiger partial charge is 0.307 e. The van der Waals surface area contributed by atoms with Crippen LogP contribution in [0.1, 0.15) is 26.7 Å². The van der Waals surface area contributed by atoms with Crippen molar-refractivity contribution >= 4 is 18.4 Å². The van der Waals surface area contributed by atoms with E-state index in [1.54, 1.807) is 0 Å². The van der Waals surface area contributed by atoms with Crippen molar-refractivity contribution < 1.29 is 17.8 Å². The highest BCUT2D eigenvalue weighted by Crippen LogP contribution is 2.60. The van der Waals surface area contributed by atoms with Gasteiger partial charge in [-0.25, -0.2) is 0 Å². The summed E-state index contributed by atoms with van der Waals surface area (Å²) in [6.07, 6.45) is 1.56. The van der Waals surface area contributed by atoms with Crippen molar-refractivity contribution in [3.8, 4) is 0 Å². The molecule has 0 unspecified atom stereocenters. The molecule has 0 bridgehead atoms. The quantitative estimate of drug-likeness (QED) is 0.671. The fourth-order valence-corrected chi connectivity index (χ4v) is 6.70. The molecule has 0 aromatic carbocycles. The summed E-state index contributed by atoms with van der Waals surface area (Å²) in [4.78, 5) is -0.381. The van der Waals surface area contributed by atoms with E-state index in [0.717, 1.165) is 6.42 Å². The Morgan fingerprint density at radius 2 is 1.93 bits per heavy atom. The number of hydrogen-bond acceptors (Lipinski definition) is 4. The molecular formula is C9H17O4PS. The predicted octanol–water partition coefficient (Wildman–Crippen LogP) is 2.12. The lowest BCUT2D eigenvalue weighted by molar-refractivity contribution is 0.0404. The Labute approximate surface area is 92.7 Å². The van der Waals surface area contributed by atoms with Crippen LogP contribution in [-0.2, 0) is 24.4 Å². The highest BCUT2D eigenvalue weighted by atomic mass is 32.2. The Morgan fingerprint density at radius 1 is 1.33 bits per heavy atom. The first kappa shape index (κ1) is 11.8. The van der Waals surface area contributed by atoms with Gasteiger partial charge in [-0.15, -0.1) is 0 Å². The second-order valence-corrected chi connectivity index (χ2v) is 9.24. The Kier molecular flexibility index (Phi) is 3.10. The molecule has 0 N–H and O–H groups in total. The van der Waals surface area contributed by atoms with Crippen LogP contribution in [0.25, 0.3) is 0 Å². The zero-order valence-corrected chi connectivity index (χ0v) is 10.8. The Bertz CT molecular complexity index is 314. The summed E-state index contributed by atoms with van der Waals surface area (Å²) in [5, 5.41) is 0. The van der Waals surface area contributed by atoms with Crippen LogP contribution < -0.4 is 0 Å². The standard InChI is InChI=1S/C9H17O4PS/c1-9(2)6-12-14(10,13-7-9)8-4-3-5-15(8)11/h8H,3-7H2,1-2H3/t8-,15+/m0/s1. The molecule has 2 aliphatic heterocycles. The molecule has 6 heteroatoms. The van der Waals surface area contributed by atoms with Gasteiger partial charge in [0.1, 0.15) is 4.99 Å². The van der Waals surface area contributed by atoms with Crippen molar-refractivity contribution in [2.24, 2.45) is 5.41 Å². The first-order chi connectivity index (χ1) is 6.93. The van der Waals surface area contributed by atoms with Crippen LogP contribution in [0, 0.1) is 5.41 Å². The minimum atomic E-state index is -3.10. The van der Waals surface area contributed by atoms with Crippen molar-refractivity contribution in [3.05, 3.63) is 0 Å². The van der Waals surface area contributed by atoms with Gasteiger partial charge in [-0.1, -0.05) is 13.8 Å². The summed E-state index contributed by atoms with van der Waals surface area (Å²) in [5.74, 6) is 0.630. The van der Waals surface area contributed by atoms with E-state index in [1.807, 2.05) is 13.8 Å². The maximum atomic E-state index is 12.3. The van der Waals surface area contributed by atoms with Gasteiger partial charge in [-0.2, -0.15) is 0 Å². The minimum absolute atomic E-state index is 0.0893. The third-order valence-corrected chi connectivity index (χ3v) is 7.68. The normalized spacial score (nSPS) is 39.1. The molecule has 0 saturated carbocycles. The maximum absolute atomic E-state index is 12.3. The summed E-state index contributed by atoms with van der Waals surface area (Å²) in [6.45, 7) is 4.86. The molecule has 0 aromatic rings. The molecule has 2 aliphatic rings. The van der Waals surface area contributed by atoms with Gasteiger partial charge in [-0.05, 0) is 12.8 Å². The topological polar surface area (TPSA) is 52.6 Å². The fourth-order valence-electron chi connectivity index (χ4n) is 1.74. The third-order valence-electron chi connectivity index (χ3n) is 2.72. The summed E-state index contributed by atoms with van der Waals surface area (Å²) in [5.41, 5.74) is -0.0893. The van der Waals surface area contributed by atoms with Crippen LogP contribution >= 0.6 is 7.60 Å². The largest absolute Gasteiger partial charge is 0.346 e. The van der Waals surface area contributed by atoms with Gasteiger partial charge in [0.05, 0.1) is 13.2 Å². The molecule has 2 saturated heterocycles. The second-order valence-electron chi connectivity index (χ2n) is 4.93. The van der Waals surface area contributed by atoms with Gasteiger partial charge in [0.2, 0.25) is 0 Å². The highest BCUT2D eigenvalue weighted by molar-refractivity contribution is 7.93. The van der Waals surface area contributed by atoms with Crippen molar-refractivity contribution in [2.45, 2.75) is 31.7 Å². The van der Waals surface area contributed by atoms with Gasteiger partial charge >= 0.3 is 7.60 Å². The maximum Gasteiger partial charge on any atom is 0.346 e. The van der Waals surface area contributed by atoms with Crippen molar-refractivity contribution in [1.82, 2.24) is 0 Å². The van der Waals surface area contributed by atoms with Crippen molar-refractivity contribution in [3.63, 3.8) is 0 Å². The minimum Gasteiger partial charge on any atom is -0.307 e. The molecule has 2 heterocycles. The van der Waals surface area contributed by atoms with Crippen LogP contribution in [0.3, 0.4) is 0 Å². The molecular weight excluding hydrogens is 235 g/mol. The summed E-state index contributed by atoms with van der Waals surface area (Å²) < 4.78 is 34.7. The van der Waals surface area contributed by atoms with Gasteiger partial charge in [0.25, 0.3) is 0 Å². The highest BCUT2D eigenvalue weighted by Gasteiger charge is 2.47. The number of hydrogen-bond donors (Lipinski definition) is 0. The van der Waals surface area contributed by atoms with E-state index in [0.29, 0.717) is 25.4 Å². The molecule has 0 spiro atoms. The Morgan fingerprint density at radius 3 is 2.40 bits per heavy atom. The molecule has 0 aliphatic carbocycles. The third kappa shape index (κ3) is 2.36. The lowest BCUT2D eigenvalue weighted by Gasteiger charge is -2.35. The van der Waals surface area contributed by atoms with E-state index in [-0.39, 0.29) is 10.4 Å². The summed E-state index contributed by atoms with van der Waals surface area (Å²) >= 11 is 0. The molecule has 88 valence electrons. The fraction of sp³-hybridized carbons (Fsp3) is 1.00. The van der Waals surface area contributed by atoms with Crippen LogP contribution in [-0.4, -0.2) is 28.2 Å². The van der Waals surface area contributed by atoms with Gasteiger partial charge < -0.3 is 9.05 Å². The van der Waals surface area contributed by atoms with Crippen LogP contribution in [0.4, 0.5) is 0 Å². The van der Waals surface area contributed by atoms with E-state index < -0.39 is 18.4 Å². The molecule has 2 fully saturated rings. The van der Waals surface area contributed by atoms with Crippen LogP contribution in [0.15, 0.2) is 0 Å². The Hall–Kier alpha value is 0.300. The predicted molar refractivity (Wildman–Crippen MR) is 59.3 cm³/mol. The van der Waals surface area contributed by atoms with E-state index in [2.05, 4.69) is 0 Å². The number of rotatable bonds is 1. The first-order valence-electron chi connectivity index (χ1n) is 5.19. The molecule has 4 nitrogen and oxygen atoms in total. The SMILES string of the molecule is CC1(C)COP(=O)([C@@H]2CCC[S@]2=O)OC1. The molecule has 0 radical (unpaired) electrons. The zero-order valence-electron chi connectivity index (χ0n) is 9.10. The van der Waals surface area contributed by atoms with E-state index in [1.165, 1.54) is 0 Å². The van der Waals surface area contributed by atoms with Gasteiger partial charge in [-0.3, -0.25) is 8.77 Å². The molecule has 0 amide bonds. The Balaban J connectivity index is 2.09. The lowest BCUT2D eigenvalue weighted by atomic mass is 9.97. The van der Waals surface area contributed by atoms with Crippen LogP contribution in [0.2, 0.25) is 0 Å². The monoisotopic (exact) mass is 252 g/mol. The van der Waals surface area contributed by atoms with E-state index in [9.17, 15) is 8.77 Å². The molecule has 2 atom stereocenters.